The van der Waals surface area contributed by atoms with Crippen LogP contribution in [0, 0.1) is 0 Å². The van der Waals surface area contributed by atoms with E-state index in [1.807, 2.05) is 67.5 Å². The zero-order valence-corrected chi connectivity index (χ0v) is 11.6. The summed E-state index contributed by atoms with van der Waals surface area (Å²) in [6, 6.07) is 20.3. The molecular formula is C16H16N4. The molecule has 4 nitrogen and oxygen atoms in total. The van der Waals surface area contributed by atoms with Crippen molar-refractivity contribution in [1.82, 2.24) is 14.8 Å². The number of benzene rings is 2. The molecule has 0 saturated carbocycles. The van der Waals surface area contributed by atoms with E-state index < -0.39 is 0 Å². The van der Waals surface area contributed by atoms with E-state index in [1.54, 1.807) is 0 Å². The predicted octanol–water partition coefficient (Wildman–Crippen LogP) is 3.00. The molecule has 1 aromatic heterocycles. The van der Waals surface area contributed by atoms with Crippen molar-refractivity contribution in [2.45, 2.75) is 0 Å². The molecule has 0 radical (unpaired) electrons. The van der Waals surface area contributed by atoms with Gasteiger partial charge >= 0.3 is 0 Å². The number of aromatic nitrogens is 3. The fourth-order valence-electron chi connectivity index (χ4n) is 2.15. The van der Waals surface area contributed by atoms with Crippen LogP contribution in [-0.2, 0) is 0 Å². The first-order valence-electron chi connectivity index (χ1n) is 6.51. The lowest BCUT2D eigenvalue weighted by molar-refractivity contribution is 0.951. The van der Waals surface area contributed by atoms with Crippen LogP contribution in [0.5, 0.6) is 0 Å². The Morgan fingerprint density at radius 1 is 0.800 bits per heavy atom. The van der Waals surface area contributed by atoms with E-state index in [0.717, 1.165) is 23.0 Å². The molecule has 0 atom stereocenters. The maximum Gasteiger partial charge on any atom is 0.231 e. The molecular weight excluding hydrogens is 248 g/mol. The van der Waals surface area contributed by atoms with Gasteiger partial charge in [-0.3, -0.25) is 4.57 Å². The smallest absolute Gasteiger partial charge is 0.231 e. The van der Waals surface area contributed by atoms with Gasteiger partial charge in [-0.25, -0.2) is 0 Å². The van der Waals surface area contributed by atoms with Crippen molar-refractivity contribution in [2.24, 2.45) is 0 Å². The van der Waals surface area contributed by atoms with Crippen LogP contribution in [-0.4, -0.2) is 28.9 Å². The zero-order chi connectivity index (χ0) is 13.9. The minimum atomic E-state index is 0.815. The number of para-hydroxylation sites is 1. The lowest BCUT2D eigenvalue weighted by atomic mass is 10.2. The maximum atomic E-state index is 4.36. The van der Waals surface area contributed by atoms with Crippen LogP contribution >= 0.6 is 0 Å². The van der Waals surface area contributed by atoms with Crippen LogP contribution in [0.4, 0.5) is 5.95 Å². The second-order valence-electron chi connectivity index (χ2n) is 4.76. The normalized spacial score (nSPS) is 10.5. The summed E-state index contributed by atoms with van der Waals surface area (Å²) in [6.45, 7) is 0. The third kappa shape index (κ3) is 2.16. The molecule has 0 spiro atoms. The number of rotatable bonds is 3. The van der Waals surface area contributed by atoms with E-state index in [9.17, 15) is 0 Å². The van der Waals surface area contributed by atoms with Gasteiger partial charge < -0.3 is 4.90 Å². The predicted molar refractivity (Wildman–Crippen MR) is 81.1 cm³/mol. The van der Waals surface area contributed by atoms with Gasteiger partial charge in [0, 0.05) is 19.7 Å². The molecule has 3 rings (SSSR count). The number of nitrogens with zero attached hydrogens (tertiary/aromatic N) is 4. The van der Waals surface area contributed by atoms with Gasteiger partial charge in [0.1, 0.15) is 0 Å². The number of hydrogen-bond acceptors (Lipinski definition) is 3. The molecule has 0 aliphatic heterocycles. The van der Waals surface area contributed by atoms with Crippen LogP contribution in [0.15, 0.2) is 60.7 Å². The van der Waals surface area contributed by atoms with Gasteiger partial charge in [-0.05, 0) is 12.1 Å². The second kappa shape index (κ2) is 5.17. The van der Waals surface area contributed by atoms with Crippen molar-refractivity contribution >= 4 is 5.95 Å². The minimum absolute atomic E-state index is 0.815. The van der Waals surface area contributed by atoms with Crippen LogP contribution in [0.25, 0.3) is 17.1 Å². The highest BCUT2D eigenvalue weighted by molar-refractivity contribution is 5.61. The van der Waals surface area contributed by atoms with E-state index in [1.165, 1.54) is 0 Å². The van der Waals surface area contributed by atoms with E-state index >= 15 is 0 Å². The third-order valence-electron chi connectivity index (χ3n) is 3.09. The summed E-state index contributed by atoms with van der Waals surface area (Å²) in [5, 5.41) is 8.66. The second-order valence-corrected chi connectivity index (χ2v) is 4.76. The first kappa shape index (κ1) is 12.4. The third-order valence-corrected chi connectivity index (χ3v) is 3.09. The SMILES string of the molecule is CN(C)c1nnc(-c2ccccc2)n1-c1ccccc1. The summed E-state index contributed by atoms with van der Waals surface area (Å²) in [5.74, 6) is 1.66. The molecule has 100 valence electrons. The Morgan fingerprint density at radius 3 is 2.00 bits per heavy atom. The monoisotopic (exact) mass is 264 g/mol. The van der Waals surface area contributed by atoms with Gasteiger partial charge in [-0.2, -0.15) is 0 Å². The molecule has 2 aromatic carbocycles. The fraction of sp³-hybridized carbons (Fsp3) is 0.125. The van der Waals surface area contributed by atoms with Crippen molar-refractivity contribution in [3.63, 3.8) is 0 Å². The van der Waals surface area contributed by atoms with Crippen molar-refractivity contribution < 1.29 is 0 Å². The highest BCUT2D eigenvalue weighted by Gasteiger charge is 2.16. The maximum absolute atomic E-state index is 4.36. The molecule has 0 aliphatic carbocycles. The molecule has 20 heavy (non-hydrogen) atoms. The number of hydrogen-bond donors (Lipinski definition) is 0. The Bertz CT molecular complexity index is 687. The first-order chi connectivity index (χ1) is 9.77. The van der Waals surface area contributed by atoms with Crippen LogP contribution < -0.4 is 4.90 Å². The van der Waals surface area contributed by atoms with Gasteiger partial charge in [-0.15, -0.1) is 10.2 Å². The van der Waals surface area contributed by atoms with Gasteiger partial charge in [0.25, 0.3) is 0 Å². The molecule has 0 bridgehead atoms. The number of anilines is 1. The molecule has 0 amide bonds. The molecule has 4 heteroatoms. The first-order valence-corrected chi connectivity index (χ1v) is 6.51. The van der Waals surface area contributed by atoms with Crippen LogP contribution in [0.2, 0.25) is 0 Å². The van der Waals surface area contributed by atoms with E-state index in [2.05, 4.69) is 26.9 Å². The fourth-order valence-corrected chi connectivity index (χ4v) is 2.15. The van der Waals surface area contributed by atoms with Gasteiger partial charge in [0.15, 0.2) is 5.82 Å². The summed E-state index contributed by atoms with van der Waals surface area (Å²) in [7, 11) is 3.94. The molecule has 0 fully saturated rings. The Labute approximate surface area is 118 Å². The summed E-state index contributed by atoms with van der Waals surface area (Å²) >= 11 is 0. The van der Waals surface area contributed by atoms with Crippen molar-refractivity contribution in [2.75, 3.05) is 19.0 Å². The minimum Gasteiger partial charge on any atom is -0.347 e. The summed E-state index contributed by atoms with van der Waals surface area (Å²) in [5.41, 5.74) is 2.11. The standard InChI is InChI=1S/C16H16N4/c1-19(2)16-18-17-15(13-9-5-3-6-10-13)20(16)14-11-7-4-8-12-14/h3-12H,1-2H3. The molecule has 3 aromatic rings. The Kier molecular flexibility index (Phi) is 3.21. The van der Waals surface area contributed by atoms with Crippen LogP contribution in [0.3, 0.4) is 0 Å². The molecule has 1 heterocycles. The van der Waals surface area contributed by atoms with Gasteiger partial charge in [0.05, 0.1) is 5.69 Å². The van der Waals surface area contributed by atoms with E-state index in [0.29, 0.717) is 0 Å². The van der Waals surface area contributed by atoms with E-state index in [4.69, 9.17) is 0 Å². The molecule has 0 aliphatic rings. The summed E-state index contributed by atoms with van der Waals surface area (Å²) in [6.07, 6.45) is 0. The summed E-state index contributed by atoms with van der Waals surface area (Å²) in [4.78, 5) is 1.96. The average molecular weight is 264 g/mol. The van der Waals surface area contributed by atoms with E-state index in [-0.39, 0.29) is 0 Å². The van der Waals surface area contributed by atoms with Crippen molar-refractivity contribution in [1.29, 1.82) is 0 Å². The molecule has 0 N–H and O–H groups in total. The quantitative estimate of drug-likeness (QED) is 0.729. The lowest BCUT2D eigenvalue weighted by Gasteiger charge is -2.15. The Morgan fingerprint density at radius 2 is 1.40 bits per heavy atom. The Hall–Kier alpha value is -2.62. The molecule has 0 unspecified atom stereocenters. The van der Waals surface area contributed by atoms with Crippen molar-refractivity contribution in [3.05, 3.63) is 60.7 Å². The van der Waals surface area contributed by atoms with Gasteiger partial charge in [-0.1, -0.05) is 48.5 Å². The van der Waals surface area contributed by atoms with Gasteiger partial charge in [0.2, 0.25) is 5.95 Å². The highest BCUT2D eigenvalue weighted by atomic mass is 15.4. The van der Waals surface area contributed by atoms with Crippen LogP contribution in [0.1, 0.15) is 0 Å². The molecule has 0 saturated heterocycles. The topological polar surface area (TPSA) is 34.0 Å². The average Bonchev–Trinajstić information content (AvgIpc) is 2.94. The zero-order valence-electron chi connectivity index (χ0n) is 11.6. The largest absolute Gasteiger partial charge is 0.347 e. The van der Waals surface area contributed by atoms with Crippen molar-refractivity contribution in [3.8, 4) is 17.1 Å². The highest BCUT2D eigenvalue weighted by Crippen LogP contribution is 2.25. The Balaban J connectivity index is 2.22. The lowest BCUT2D eigenvalue weighted by Crippen LogP contribution is -2.15. The summed E-state index contributed by atoms with van der Waals surface area (Å²) < 4.78 is 2.06.